The largest absolute Gasteiger partial charge is 0.370 e. The van der Waals surface area contributed by atoms with Crippen molar-refractivity contribution in [3.63, 3.8) is 0 Å². The highest BCUT2D eigenvalue weighted by atomic mass is 16.2. The van der Waals surface area contributed by atoms with Gasteiger partial charge in [-0.05, 0) is 12.3 Å². The lowest BCUT2D eigenvalue weighted by molar-refractivity contribution is -0.120. The molecule has 0 radical (unpaired) electrons. The smallest absolute Gasteiger partial charge is 0.251 e. The minimum Gasteiger partial charge on any atom is -0.370 e. The van der Waals surface area contributed by atoms with Gasteiger partial charge in [0.2, 0.25) is 0 Å². The van der Waals surface area contributed by atoms with Gasteiger partial charge in [-0.3, -0.25) is 10.1 Å². The maximum Gasteiger partial charge on any atom is 0.251 e. The van der Waals surface area contributed by atoms with Crippen molar-refractivity contribution < 1.29 is 4.79 Å². The number of nitrogens with two attached hydrogens (primary N) is 1. The van der Waals surface area contributed by atoms with Crippen molar-refractivity contribution in [3.8, 4) is 0 Å². The number of hydrogen-bond donors (Lipinski definition) is 2. The van der Waals surface area contributed by atoms with Crippen molar-refractivity contribution in [1.29, 1.82) is 0 Å². The summed E-state index contributed by atoms with van der Waals surface area (Å²) in [5.41, 5.74) is 5.44. The molecular weight excluding hydrogens is 178 g/mol. The van der Waals surface area contributed by atoms with Gasteiger partial charge in [0, 0.05) is 0 Å². The quantitative estimate of drug-likeness (QED) is 0.683. The second kappa shape index (κ2) is 3.98. The topological polar surface area (TPSA) is 67.5 Å². The molecule has 1 fully saturated rings. The van der Waals surface area contributed by atoms with Crippen molar-refractivity contribution in [1.82, 2.24) is 5.32 Å². The molecule has 0 aromatic heterocycles. The van der Waals surface area contributed by atoms with Gasteiger partial charge in [-0.1, -0.05) is 32.1 Å². The Bertz CT molecular complexity index is 256. The fraction of sp³-hybridized carbons (Fsp3) is 0.800. The van der Waals surface area contributed by atoms with Gasteiger partial charge in [-0.25, -0.2) is 4.99 Å². The molecule has 1 atom stereocenters. The minimum absolute atomic E-state index is 0.0203. The number of carbonyl (C=O) groups is 1. The van der Waals surface area contributed by atoms with Crippen LogP contribution in [0.1, 0.15) is 38.5 Å². The highest BCUT2D eigenvalue weighted by molar-refractivity contribution is 6.04. The highest BCUT2D eigenvalue weighted by Gasteiger charge is 2.28. The van der Waals surface area contributed by atoms with E-state index in [1.54, 1.807) is 0 Å². The summed E-state index contributed by atoms with van der Waals surface area (Å²) in [4.78, 5) is 15.5. The SMILES string of the molecule is NC1=NC(CC2CCCCC2)C(=O)N1. The summed E-state index contributed by atoms with van der Waals surface area (Å²) < 4.78 is 0. The van der Waals surface area contributed by atoms with Gasteiger partial charge in [-0.2, -0.15) is 0 Å². The number of amides is 1. The summed E-state index contributed by atoms with van der Waals surface area (Å²) in [7, 11) is 0. The van der Waals surface area contributed by atoms with Gasteiger partial charge in [0.1, 0.15) is 6.04 Å². The Morgan fingerprint density at radius 3 is 2.64 bits per heavy atom. The van der Waals surface area contributed by atoms with E-state index in [0.717, 1.165) is 6.42 Å². The van der Waals surface area contributed by atoms with Crippen LogP contribution < -0.4 is 11.1 Å². The Labute approximate surface area is 84.0 Å². The molecular formula is C10H17N3O. The first kappa shape index (κ1) is 9.49. The van der Waals surface area contributed by atoms with Gasteiger partial charge < -0.3 is 5.73 Å². The fourth-order valence-corrected chi connectivity index (χ4v) is 2.37. The standard InChI is InChI=1S/C10H17N3O/c11-10-12-8(9(14)13-10)6-7-4-2-1-3-5-7/h7-8H,1-6H2,(H3,11,12,13,14). The third kappa shape index (κ3) is 2.05. The maximum absolute atomic E-state index is 11.4. The summed E-state index contributed by atoms with van der Waals surface area (Å²) in [5, 5.41) is 2.55. The molecule has 0 bridgehead atoms. The van der Waals surface area contributed by atoms with Crippen LogP contribution in [0.2, 0.25) is 0 Å². The number of nitrogens with zero attached hydrogens (tertiary/aromatic N) is 1. The zero-order valence-electron chi connectivity index (χ0n) is 8.33. The predicted octanol–water partition coefficient (Wildman–Crippen LogP) is 0.770. The van der Waals surface area contributed by atoms with Gasteiger partial charge >= 0.3 is 0 Å². The number of rotatable bonds is 2. The van der Waals surface area contributed by atoms with Gasteiger partial charge in [0.05, 0.1) is 0 Å². The summed E-state index contributed by atoms with van der Waals surface area (Å²) >= 11 is 0. The first-order valence-corrected chi connectivity index (χ1v) is 5.40. The molecule has 1 unspecified atom stereocenters. The summed E-state index contributed by atoms with van der Waals surface area (Å²) in [6.07, 6.45) is 7.33. The second-order valence-corrected chi connectivity index (χ2v) is 4.26. The normalized spacial score (nSPS) is 28.7. The van der Waals surface area contributed by atoms with Crippen molar-refractivity contribution in [2.75, 3.05) is 0 Å². The van der Waals surface area contributed by atoms with Crippen LogP contribution in [0, 0.1) is 5.92 Å². The van der Waals surface area contributed by atoms with E-state index in [-0.39, 0.29) is 17.9 Å². The van der Waals surface area contributed by atoms with Crippen LogP contribution in [0.15, 0.2) is 4.99 Å². The monoisotopic (exact) mass is 195 g/mol. The maximum atomic E-state index is 11.4. The van der Waals surface area contributed by atoms with E-state index >= 15 is 0 Å². The van der Waals surface area contributed by atoms with Crippen molar-refractivity contribution in [2.45, 2.75) is 44.6 Å². The van der Waals surface area contributed by atoms with E-state index in [2.05, 4.69) is 10.3 Å². The molecule has 0 aromatic rings. The van der Waals surface area contributed by atoms with E-state index in [4.69, 9.17) is 5.73 Å². The fourth-order valence-electron chi connectivity index (χ4n) is 2.37. The molecule has 2 aliphatic rings. The third-order valence-corrected chi connectivity index (χ3v) is 3.13. The summed E-state index contributed by atoms with van der Waals surface area (Å²) in [5.74, 6) is 0.943. The van der Waals surface area contributed by atoms with E-state index in [1.165, 1.54) is 32.1 Å². The highest BCUT2D eigenvalue weighted by Crippen LogP contribution is 2.28. The molecule has 0 saturated heterocycles. The van der Waals surface area contributed by atoms with Gasteiger partial charge in [0.15, 0.2) is 5.96 Å². The van der Waals surface area contributed by atoms with Crippen LogP contribution in [0.3, 0.4) is 0 Å². The van der Waals surface area contributed by atoms with Crippen molar-refractivity contribution in [3.05, 3.63) is 0 Å². The molecule has 1 heterocycles. The number of guanidine groups is 1. The van der Waals surface area contributed by atoms with E-state index in [9.17, 15) is 4.79 Å². The molecule has 1 amide bonds. The van der Waals surface area contributed by atoms with E-state index in [0.29, 0.717) is 5.92 Å². The van der Waals surface area contributed by atoms with Crippen molar-refractivity contribution in [2.24, 2.45) is 16.6 Å². The van der Waals surface area contributed by atoms with Crippen LogP contribution in [0.5, 0.6) is 0 Å². The molecule has 78 valence electrons. The van der Waals surface area contributed by atoms with Crippen LogP contribution >= 0.6 is 0 Å². The molecule has 4 nitrogen and oxygen atoms in total. The van der Waals surface area contributed by atoms with Crippen LogP contribution in [0.4, 0.5) is 0 Å². The number of hydrogen-bond acceptors (Lipinski definition) is 3. The van der Waals surface area contributed by atoms with Crippen molar-refractivity contribution >= 4 is 11.9 Å². The average molecular weight is 195 g/mol. The number of nitrogens with one attached hydrogen (secondary N) is 1. The van der Waals surface area contributed by atoms with E-state index in [1.807, 2.05) is 0 Å². The second-order valence-electron chi connectivity index (χ2n) is 4.26. The molecule has 2 rings (SSSR count). The number of aliphatic imine (C=N–C) groups is 1. The first-order valence-electron chi connectivity index (χ1n) is 5.40. The van der Waals surface area contributed by atoms with Crippen LogP contribution in [0.25, 0.3) is 0 Å². The van der Waals surface area contributed by atoms with Gasteiger partial charge in [-0.15, -0.1) is 0 Å². The Morgan fingerprint density at radius 2 is 2.07 bits per heavy atom. The zero-order valence-corrected chi connectivity index (χ0v) is 8.33. The lowest BCUT2D eigenvalue weighted by Gasteiger charge is -2.22. The first-order chi connectivity index (χ1) is 6.75. The molecule has 1 aliphatic carbocycles. The van der Waals surface area contributed by atoms with Crippen LogP contribution in [-0.2, 0) is 4.79 Å². The Hall–Kier alpha value is -1.06. The Balaban J connectivity index is 1.87. The molecule has 0 spiro atoms. The molecule has 1 aliphatic heterocycles. The zero-order chi connectivity index (χ0) is 9.97. The molecule has 0 aromatic carbocycles. The number of carbonyl (C=O) groups excluding carboxylic acids is 1. The molecule has 14 heavy (non-hydrogen) atoms. The van der Waals surface area contributed by atoms with E-state index < -0.39 is 0 Å². The molecule has 3 N–H and O–H groups in total. The minimum atomic E-state index is -0.210. The van der Waals surface area contributed by atoms with Gasteiger partial charge in [0.25, 0.3) is 5.91 Å². The summed E-state index contributed by atoms with van der Waals surface area (Å²) in [6.45, 7) is 0. The lowest BCUT2D eigenvalue weighted by Crippen LogP contribution is -2.33. The van der Waals surface area contributed by atoms with Crippen LogP contribution in [-0.4, -0.2) is 17.9 Å². The lowest BCUT2D eigenvalue weighted by atomic mass is 9.85. The summed E-state index contributed by atoms with van der Waals surface area (Å²) in [6, 6.07) is -0.210. The molecule has 1 saturated carbocycles. The Morgan fingerprint density at radius 1 is 1.36 bits per heavy atom. The predicted molar refractivity (Wildman–Crippen MR) is 54.7 cm³/mol. The Kier molecular flexibility index (Phi) is 2.70. The third-order valence-electron chi connectivity index (χ3n) is 3.13. The average Bonchev–Trinajstić information content (AvgIpc) is 2.47. The molecule has 4 heteroatoms.